The minimum Gasteiger partial charge on any atom is -0.493 e. The summed E-state index contributed by atoms with van der Waals surface area (Å²) in [7, 11) is 0. The quantitative estimate of drug-likeness (QED) is 0.510. The van der Waals surface area contributed by atoms with Crippen LogP contribution in [-0.2, 0) is 4.79 Å². The van der Waals surface area contributed by atoms with E-state index in [1.54, 1.807) is 0 Å². The van der Waals surface area contributed by atoms with Crippen molar-refractivity contribution in [3.63, 3.8) is 0 Å². The minimum atomic E-state index is -0.275. The van der Waals surface area contributed by atoms with Gasteiger partial charge < -0.3 is 10.1 Å². The number of carbonyl (C=O) groups excluding carboxylic acids is 1. The summed E-state index contributed by atoms with van der Waals surface area (Å²) in [6.07, 6.45) is 1.55. The molecule has 0 radical (unpaired) electrons. The molecule has 1 N–H and O–H groups in total. The molecular weight excluding hydrogens is 390 g/mol. The van der Waals surface area contributed by atoms with Crippen LogP contribution in [0.4, 0.5) is 5.82 Å². The predicted molar refractivity (Wildman–Crippen MR) is 118 cm³/mol. The van der Waals surface area contributed by atoms with Crippen molar-refractivity contribution in [2.75, 3.05) is 11.9 Å². The number of rotatable bonds is 6. The fourth-order valence-electron chi connectivity index (χ4n) is 3.26. The zero-order chi connectivity index (χ0) is 21.8. The molecule has 0 fully saturated rings. The predicted octanol–water partition coefficient (Wildman–Crippen LogP) is 4.32. The van der Waals surface area contributed by atoms with Gasteiger partial charge in [-0.2, -0.15) is 15.0 Å². The van der Waals surface area contributed by atoms with E-state index >= 15 is 0 Å². The molecule has 7 nitrogen and oxygen atoms in total. The van der Waals surface area contributed by atoms with Crippen molar-refractivity contribution in [2.24, 2.45) is 0 Å². The van der Waals surface area contributed by atoms with E-state index < -0.39 is 0 Å². The Hall–Kier alpha value is -4.18. The molecule has 0 aliphatic heterocycles. The van der Waals surface area contributed by atoms with Gasteiger partial charge in [-0.1, -0.05) is 35.9 Å². The standard InChI is InChI=1S/C24H21N5O2/c1-16-7-9-19(10-8-16)31-12-11-23(30)28-24-18(14-25)15-26-29(24)22-13-17(2)20-5-3-4-6-21(20)27-22/h3-10,13,15H,11-12H2,1-2H3,(H,28,30). The zero-order valence-electron chi connectivity index (χ0n) is 17.3. The summed E-state index contributed by atoms with van der Waals surface area (Å²) in [5.74, 6) is 1.26. The highest BCUT2D eigenvalue weighted by molar-refractivity contribution is 5.91. The second-order valence-corrected chi connectivity index (χ2v) is 7.20. The van der Waals surface area contributed by atoms with Gasteiger partial charge in [-0.25, -0.2) is 4.98 Å². The highest BCUT2D eigenvalue weighted by Gasteiger charge is 2.17. The number of pyridine rings is 1. The van der Waals surface area contributed by atoms with Crippen molar-refractivity contribution in [1.82, 2.24) is 14.8 Å². The van der Waals surface area contributed by atoms with Crippen LogP contribution in [0.2, 0.25) is 0 Å². The Morgan fingerprint density at radius 2 is 1.94 bits per heavy atom. The van der Waals surface area contributed by atoms with Crippen molar-refractivity contribution in [3.8, 4) is 17.6 Å². The third kappa shape index (κ3) is 4.38. The Balaban J connectivity index is 1.52. The molecule has 4 aromatic rings. The first-order chi connectivity index (χ1) is 15.0. The minimum absolute atomic E-state index is 0.133. The zero-order valence-corrected chi connectivity index (χ0v) is 17.3. The molecular formula is C24H21N5O2. The first-order valence-electron chi connectivity index (χ1n) is 9.89. The molecule has 31 heavy (non-hydrogen) atoms. The number of benzene rings is 2. The van der Waals surface area contributed by atoms with E-state index in [1.165, 1.54) is 10.9 Å². The third-order valence-corrected chi connectivity index (χ3v) is 4.89. The van der Waals surface area contributed by atoms with Gasteiger partial charge in [0, 0.05) is 5.39 Å². The molecule has 0 saturated heterocycles. The molecule has 0 aliphatic rings. The third-order valence-electron chi connectivity index (χ3n) is 4.89. The van der Waals surface area contributed by atoms with Crippen LogP contribution in [0.15, 0.2) is 60.8 Å². The van der Waals surface area contributed by atoms with Crippen LogP contribution in [0, 0.1) is 25.2 Å². The maximum Gasteiger partial charge on any atom is 0.228 e. The number of anilines is 1. The first-order valence-corrected chi connectivity index (χ1v) is 9.89. The van der Waals surface area contributed by atoms with Gasteiger partial charge in [-0.05, 0) is 43.7 Å². The van der Waals surface area contributed by atoms with Gasteiger partial charge in [0.05, 0.1) is 24.7 Å². The van der Waals surface area contributed by atoms with Gasteiger partial charge >= 0.3 is 0 Å². The Bertz CT molecular complexity index is 1290. The number of hydrogen-bond acceptors (Lipinski definition) is 5. The molecule has 0 saturated carbocycles. The lowest BCUT2D eigenvalue weighted by Crippen LogP contribution is -2.18. The largest absolute Gasteiger partial charge is 0.493 e. The SMILES string of the molecule is Cc1ccc(OCCC(=O)Nc2c(C#N)cnn2-c2cc(C)c3ccccc3n2)cc1. The van der Waals surface area contributed by atoms with Crippen molar-refractivity contribution in [3.05, 3.63) is 77.5 Å². The number of aryl methyl sites for hydroxylation is 2. The van der Waals surface area contributed by atoms with Crippen LogP contribution in [0.25, 0.3) is 16.7 Å². The summed E-state index contributed by atoms with van der Waals surface area (Å²) in [6.45, 7) is 4.21. The first kappa shape index (κ1) is 20.1. The molecule has 2 aromatic carbocycles. The van der Waals surface area contributed by atoms with Crippen molar-refractivity contribution < 1.29 is 9.53 Å². The van der Waals surface area contributed by atoms with Gasteiger partial charge in [0.25, 0.3) is 0 Å². The summed E-state index contributed by atoms with van der Waals surface area (Å²) in [4.78, 5) is 17.2. The van der Waals surface area contributed by atoms with Crippen molar-refractivity contribution in [1.29, 1.82) is 5.26 Å². The molecule has 2 aromatic heterocycles. The number of carbonyl (C=O) groups is 1. The van der Waals surface area contributed by atoms with Gasteiger partial charge in [0.2, 0.25) is 5.91 Å². The van der Waals surface area contributed by atoms with E-state index in [-0.39, 0.29) is 24.5 Å². The van der Waals surface area contributed by atoms with Crippen molar-refractivity contribution in [2.45, 2.75) is 20.3 Å². The Morgan fingerprint density at radius 3 is 2.71 bits per heavy atom. The maximum absolute atomic E-state index is 12.5. The number of ether oxygens (including phenoxy) is 1. The van der Waals surface area contributed by atoms with Crippen LogP contribution in [0.1, 0.15) is 23.1 Å². The van der Waals surface area contributed by atoms with Gasteiger partial charge in [-0.15, -0.1) is 0 Å². The Morgan fingerprint density at radius 1 is 1.16 bits per heavy atom. The monoisotopic (exact) mass is 411 g/mol. The van der Waals surface area contributed by atoms with Crippen LogP contribution < -0.4 is 10.1 Å². The van der Waals surface area contributed by atoms with Crippen molar-refractivity contribution >= 4 is 22.6 Å². The van der Waals surface area contributed by atoms with E-state index in [1.807, 2.05) is 68.4 Å². The Kier molecular flexibility index (Phi) is 5.63. The van der Waals surface area contributed by atoms with Crippen LogP contribution >= 0.6 is 0 Å². The van der Waals surface area contributed by atoms with E-state index in [9.17, 15) is 10.1 Å². The molecule has 0 unspecified atom stereocenters. The lowest BCUT2D eigenvalue weighted by molar-refractivity contribution is -0.116. The fraction of sp³-hybridized carbons (Fsp3) is 0.167. The molecule has 0 aliphatic carbocycles. The number of amides is 1. The number of para-hydroxylation sites is 1. The normalized spacial score (nSPS) is 10.6. The summed E-state index contributed by atoms with van der Waals surface area (Å²) < 4.78 is 7.11. The second-order valence-electron chi connectivity index (χ2n) is 7.20. The lowest BCUT2D eigenvalue weighted by atomic mass is 10.1. The molecule has 0 bridgehead atoms. The van der Waals surface area contributed by atoms with Gasteiger partial charge in [0.15, 0.2) is 11.6 Å². The van der Waals surface area contributed by atoms with Gasteiger partial charge in [0.1, 0.15) is 17.4 Å². The maximum atomic E-state index is 12.5. The number of aromatic nitrogens is 3. The average Bonchev–Trinajstić information content (AvgIpc) is 3.17. The molecule has 0 atom stereocenters. The summed E-state index contributed by atoms with van der Waals surface area (Å²) >= 11 is 0. The molecule has 1 amide bonds. The number of nitriles is 1. The number of nitrogens with zero attached hydrogens (tertiary/aromatic N) is 4. The number of nitrogens with one attached hydrogen (secondary N) is 1. The van der Waals surface area contributed by atoms with Crippen LogP contribution in [0.3, 0.4) is 0 Å². The highest BCUT2D eigenvalue weighted by atomic mass is 16.5. The molecule has 4 rings (SSSR count). The smallest absolute Gasteiger partial charge is 0.228 e. The van der Waals surface area contributed by atoms with E-state index in [0.717, 1.165) is 22.0 Å². The molecule has 7 heteroatoms. The summed E-state index contributed by atoms with van der Waals surface area (Å²) in [6, 6.07) is 19.4. The molecule has 2 heterocycles. The number of fused-ring (bicyclic) bond motifs is 1. The highest BCUT2D eigenvalue weighted by Crippen LogP contribution is 2.23. The number of hydrogen-bond donors (Lipinski definition) is 1. The van der Waals surface area contributed by atoms with Crippen LogP contribution in [0.5, 0.6) is 5.75 Å². The second kappa shape index (κ2) is 8.67. The topological polar surface area (TPSA) is 92.8 Å². The van der Waals surface area contributed by atoms with Crippen LogP contribution in [-0.4, -0.2) is 27.3 Å². The van der Waals surface area contributed by atoms with E-state index in [4.69, 9.17) is 4.74 Å². The van der Waals surface area contributed by atoms with E-state index in [0.29, 0.717) is 17.4 Å². The van der Waals surface area contributed by atoms with E-state index in [2.05, 4.69) is 21.5 Å². The van der Waals surface area contributed by atoms with Gasteiger partial charge in [-0.3, -0.25) is 4.79 Å². The molecule has 154 valence electrons. The Labute approximate surface area is 179 Å². The fourth-order valence-corrected chi connectivity index (χ4v) is 3.26. The summed E-state index contributed by atoms with van der Waals surface area (Å²) in [5.41, 5.74) is 3.24. The summed E-state index contributed by atoms with van der Waals surface area (Å²) in [5, 5.41) is 17.6. The average molecular weight is 411 g/mol. The lowest BCUT2D eigenvalue weighted by Gasteiger charge is -2.11. The molecule has 0 spiro atoms.